The van der Waals surface area contributed by atoms with Gasteiger partial charge in [-0.25, -0.2) is 9.07 Å². The highest BCUT2D eigenvalue weighted by Crippen LogP contribution is 2.30. The number of carbonyl (C=O) groups excluding carboxylic acids is 1. The van der Waals surface area contributed by atoms with Crippen molar-refractivity contribution in [3.05, 3.63) is 84.3 Å². The maximum atomic E-state index is 13.3. The lowest BCUT2D eigenvalue weighted by atomic mass is 10.0. The SMILES string of the molecule is C.COc1cccc([C@@H](Oc2ccc3c(cnn3-c3ccc(F)cc3)c2)[C@H](C)NC(=O)[C@@H](C)O)c1. The summed E-state index contributed by atoms with van der Waals surface area (Å²) in [7, 11) is 1.58. The molecular formula is C27H30FN3O4. The van der Waals surface area contributed by atoms with E-state index in [9.17, 15) is 14.3 Å². The summed E-state index contributed by atoms with van der Waals surface area (Å²) < 4.78 is 26.7. The Morgan fingerprint density at radius 2 is 1.80 bits per heavy atom. The van der Waals surface area contributed by atoms with Gasteiger partial charge in [0.25, 0.3) is 0 Å². The fraction of sp³-hybridized carbons (Fsp3) is 0.259. The Kier molecular flexibility index (Phi) is 8.09. The number of rotatable bonds is 8. The lowest BCUT2D eigenvalue weighted by Gasteiger charge is -2.27. The number of hydrogen-bond acceptors (Lipinski definition) is 5. The van der Waals surface area contributed by atoms with Crippen LogP contribution in [0.4, 0.5) is 4.39 Å². The van der Waals surface area contributed by atoms with Gasteiger partial charge in [-0.05, 0) is 74.0 Å². The number of benzene rings is 3. The minimum absolute atomic E-state index is 0. The summed E-state index contributed by atoms with van der Waals surface area (Å²) in [6.07, 6.45) is 0.0227. The van der Waals surface area contributed by atoms with Gasteiger partial charge < -0.3 is 19.9 Å². The first-order chi connectivity index (χ1) is 16.4. The number of hydrogen-bond donors (Lipinski definition) is 2. The van der Waals surface area contributed by atoms with Crippen molar-refractivity contribution in [3.63, 3.8) is 0 Å². The van der Waals surface area contributed by atoms with Gasteiger partial charge in [0, 0.05) is 5.39 Å². The largest absolute Gasteiger partial charge is 0.497 e. The van der Waals surface area contributed by atoms with Crippen molar-refractivity contribution in [2.24, 2.45) is 0 Å². The number of aromatic nitrogens is 2. The molecule has 2 N–H and O–H groups in total. The summed E-state index contributed by atoms with van der Waals surface area (Å²) in [6, 6.07) is 18.6. The van der Waals surface area contributed by atoms with Crippen LogP contribution in [0.5, 0.6) is 11.5 Å². The molecule has 0 saturated heterocycles. The van der Waals surface area contributed by atoms with Gasteiger partial charge in [0.1, 0.15) is 29.5 Å². The number of ether oxygens (including phenoxy) is 2. The molecule has 1 aromatic heterocycles. The molecule has 1 amide bonds. The smallest absolute Gasteiger partial charge is 0.248 e. The monoisotopic (exact) mass is 479 g/mol. The normalized spacial score (nSPS) is 13.4. The summed E-state index contributed by atoms with van der Waals surface area (Å²) in [5, 5.41) is 17.7. The number of aliphatic hydroxyl groups is 1. The van der Waals surface area contributed by atoms with Gasteiger partial charge in [-0.2, -0.15) is 5.10 Å². The number of amides is 1. The first-order valence-corrected chi connectivity index (χ1v) is 10.9. The van der Waals surface area contributed by atoms with E-state index in [4.69, 9.17) is 9.47 Å². The van der Waals surface area contributed by atoms with Crippen LogP contribution in [-0.4, -0.2) is 40.0 Å². The van der Waals surface area contributed by atoms with Crippen molar-refractivity contribution >= 4 is 16.8 Å². The average Bonchev–Trinajstić information content (AvgIpc) is 3.26. The van der Waals surface area contributed by atoms with E-state index in [0.717, 1.165) is 22.2 Å². The second-order valence-electron chi connectivity index (χ2n) is 8.04. The van der Waals surface area contributed by atoms with Crippen LogP contribution in [0.2, 0.25) is 0 Å². The van der Waals surface area contributed by atoms with Crippen molar-refractivity contribution in [2.75, 3.05) is 7.11 Å². The maximum absolute atomic E-state index is 13.3. The molecule has 3 aromatic carbocycles. The molecule has 0 unspecified atom stereocenters. The van der Waals surface area contributed by atoms with Crippen LogP contribution in [0.25, 0.3) is 16.6 Å². The van der Waals surface area contributed by atoms with Gasteiger partial charge in [0.05, 0.1) is 30.6 Å². The molecular weight excluding hydrogens is 449 g/mol. The molecule has 7 nitrogen and oxygen atoms in total. The highest BCUT2D eigenvalue weighted by atomic mass is 19.1. The molecule has 0 spiro atoms. The third kappa shape index (κ3) is 5.78. The highest BCUT2D eigenvalue weighted by Gasteiger charge is 2.25. The summed E-state index contributed by atoms with van der Waals surface area (Å²) >= 11 is 0. The van der Waals surface area contributed by atoms with Crippen LogP contribution in [0, 0.1) is 5.82 Å². The molecule has 0 fully saturated rings. The number of aliphatic hydroxyl groups excluding tert-OH is 1. The molecule has 0 aliphatic rings. The van der Waals surface area contributed by atoms with E-state index in [1.165, 1.54) is 19.1 Å². The number of nitrogens with zero attached hydrogens (tertiary/aromatic N) is 2. The Morgan fingerprint density at radius 3 is 2.49 bits per heavy atom. The van der Waals surface area contributed by atoms with Crippen LogP contribution in [0.15, 0.2) is 72.9 Å². The molecule has 1 heterocycles. The second kappa shape index (κ2) is 11.0. The van der Waals surface area contributed by atoms with Gasteiger partial charge >= 0.3 is 0 Å². The van der Waals surface area contributed by atoms with E-state index in [1.807, 2.05) is 49.4 Å². The Labute approximate surface area is 204 Å². The zero-order valence-corrected chi connectivity index (χ0v) is 19.1. The predicted octanol–water partition coefficient (Wildman–Crippen LogP) is 4.81. The third-order valence-corrected chi connectivity index (χ3v) is 5.50. The summed E-state index contributed by atoms with van der Waals surface area (Å²) in [5.41, 5.74) is 2.39. The zero-order valence-electron chi connectivity index (χ0n) is 19.1. The van der Waals surface area contributed by atoms with Gasteiger partial charge in [-0.15, -0.1) is 0 Å². The number of nitrogens with one attached hydrogen (secondary N) is 1. The molecule has 0 aliphatic carbocycles. The van der Waals surface area contributed by atoms with E-state index in [1.54, 1.807) is 30.1 Å². The van der Waals surface area contributed by atoms with Crippen molar-refractivity contribution in [3.8, 4) is 17.2 Å². The Morgan fingerprint density at radius 1 is 1.06 bits per heavy atom. The van der Waals surface area contributed by atoms with E-state index in [0.29, 0.717) is 11.5 Å². The second-order valence-corrected chi connectivity index (χ2v) is 8.04. The van der Waals surface area contributed by atoms with E-state index in [-0.39, 0.29) is 13.2 Å². The summed E-state index contributed by atoms with van der Waals surface area (Å²) in [6.45, 7) is 3.23. The lowest BCUT2D eigenvalue weighted by Crippen LogP contribution is -2.43. The Balaban J connectivity index is 0.00000342. The Hall–Kier alpha value is -3.91. The number of carbonyl (C=O) groups is 1. The van der Waals surface area contributed by atoms with E-state index in [2.05, 4.69) is 10.4 Å². The molecule has 8 heteroatoms. The minimum Gasteiger partial charge on any atom is -0.497 e. The predicted molar refractivity (Wildman–Crippen MR) is 133 cm³/mol. The molecule has 184 valence electrons. The Bertz CT molecular complexity index is 1290. The van der Waals surface area contributed by atoms with Crippen molar-refractivity contribution in [1.82, 2.24) is 15.1 Å². The molecule has 0 saturated carbocycles. The molecule has 0 bridgehead atoms. The van der Waals surface area contributed by atoms with Crippen molar-refractivity contribution < 1.29 is 23.8 Å². The molecule has 4 rings (SSSR count). The van der Waals surface area contributed by atoms with Gasteiger partial charge in [-0.3, -0.25) is 4.79 Å². The lowest BCUT2D eigenvalue weighted by molar-refractivity contribution is -0.129. The van der Waals surface area contributed by atoms with Crippen molar-refractivity contribution in [2.45, 2.75) is 39.5 Å². The first kappa shape index (κ1) is 25.7. The number of fused-ring (bicyclic) bond motifs is 1. The fourth-order valence-electron chi connectivity index (χ4n) is 3.72. The average molecular weight is 480 g/mol. The van der Waals surface area contributed by atoms with Crippen LogP contribution in [0.1, 0.15) is 32.9 Å². The molecule has 0 aliphatic heterocycles. The summed E-state index contributed by atoms with van der Waals surface area (Å²) in [5.74, 6) is 0.449. The number of halogens is 1. The molecule has 4 aromatic rings. The van der Waals surface area contributed by atoms with Crippen molar-refractivity contribution in [1.29, 1.82) is 0 Å². The van der Waals surface area contributed by atoms with Gasteiger partial charge in [0.15, 0.2) is 0 Å². The fourth-order valence-corrected chi connectivity index (χ4v) is 3.72. The van der Waals surface area contributed by atoms with Gasteiger partial charge in [0.2, 0.25) is 5.91 Å². The topological polar surface area (TPSA) is 85.6 Å². The highest BCUT2D eigenvalue weighted by molar-refractivity contribution is 5.82. The third-order valence-electron chi connectivity index (χ3n) is 5.50. The number of methoxy groups -OCH3 is 1. The quantitative estimate of drug-likeness (QED) is 0.379. The molecule has 3 atom stereocenters. The van der Waals surface area contributed by atoms with Crippen LogP contribution < -0.4 is 14.8 Å². The van der Waals surface area contributed by atoms with Gasteiger partial charge in [-0.1, -0.05) is 19.6 Å². The molecule has 0 radical (unpaired) electrons. The maximum Gasteiger partial charge on any atom is 0.248 e. The minimum atomic E-state index is -1.14. The standard InChI is InChI=1S/C26H26FN3O4.CH4/c1-16(29-26(32)17(2)31)25(18-5-4-6-22(13-18)33-3)34-23-11-12-24-19(14-23)15-28-30(24)21-9-7-20(27)8-10-21;/h4-17,25,31H,1-3H3,(H,29,32);1H4/t16-,17+,25-;/m0./s1. The molecule has 35 heavy (non-hydrogen) atoms. The summed E-state index contributed by atoms with van der Waals surface area (Å²) in [4.78, 5) is 12.1. The van der Waals surface area contributed by atoms with E-state index >= 15 is 0 Å². The van der Waals surface area contributed by atoms with Crippen LogP contribution in [-0.2, 0) is 4.79 Å². The van der Waals surface area contributed by atoms with E-state index < -0.39 is 24.2 Å². The van der Waals surface area contributed by atoms with Crippen LogP contribution in [0.3, 0.4) is 0 Å². The van der Waals surface area contributed by atoms with Crippen LogP contribution >= 0.6 is 0 Å². The zero-order chi connectivity index (χ0) is 24.2. The first-order valence-electron chi connectivity index (χ1n) is 10.9.